The Balaban J connectivity index is 2.08. The number of nitrogen functional groups attached to an aromatic ring is 1. The lowest BCUT2D eigenvalue weighted by atomic mass is 10.1. The largest absolute Gasteiger partial charge is 0.381 e. The van der Waals surface area contributed by atoms with Crippen molar-refractivity contribution in [3.05, 3.63) is 11.6 Å². The van der Waals surface area contributed by atoms with Crippen LogP contribution in [0.25, 0.3) is 4.96 Å². The zero-order valence-electron chi connectivity index (χ0n) is 12.1. The first-order valence-corrected chi connectivity index (χ1v) is 8.92. The third kappa shape index (κ3) is 2.44. The second-order valence-corrected chi connectivity index (χ2v) is 8.57. The van der Waals surface area contributed by atoms with Gasteiger partial charge in [0.2, 0.25) is 0 Å². The molecule has 1 fully saturated rings. The number of rotatable bonds is 2. The summed E-state index contributed by atoms with van der Waals surface area (Å²) in [5, 5.41) is 1.83. The first kappa shape index (κ1) is 14.8. The van der Waals surface area contributed by atoms with Crippen LogP contribution in [0, 0.1) is 0 Å². The molecular weight excluding hydrogens is 312 g/mol. The number of fused-ring (bicyclic) bond motifs is 1. The van der Waals surface area contributed by atoms with E-state index < -0.39 is 15.6 Å². The minimum Gasteiger partial charge on any atom is -0.381 e. The summed E-state index contributed by atoms with van der Waals surface area (Å²) in [6.45, 7) is 6.22. The van der Waals surface area contributed by atoms with Crippen LogP contribution in [0.4, 0.5) is 5.82 Å². The van der Waals surface area contributed by atoms with Crippen molar-refractivity contribution in [3.63, 3.8) is 0 Å². The van der Waals surface area contributed by atoms with Crippen LogP contribution >= 0.6 is 11.3 Å². The van der Waals surface area contributed by atoms with Gasteiger partial charge in [-0.15, -0.1) is 11.3 Å². The minimum atomic E-state index is -3.71. The summed E-state index contributed by atoms with van der Waals surface area (Å²) in [7, 11) is -3.71. The SMILES string of the molecule is CC1CN(S(=O)(=O)c2c(N)nc3sccn23)CC(C)(C)O1. The molecule has 1 atom stereocenters. The Morgan fingerprint density at radius 2 is 2.24 bits per heavy atom. The Morgan fingerprint density at radius 1 is 1.52 bits per heavy atom. The van der Waals surface area contributed by atoms with Gasteiger partial charge in [-0.3, -0.25) is 4.40 Å². The van der Waals surface area contributed by atoms with Crippen LogP contribution in [0.2, 0.25) is 0 Å². The fourth-order valence-electron chi connectivity index (χ4n) is 2.74. The number of imidazole rings is 1. The molecule has 3 heterocycles. The van der Waals surface area contributed by atoms with Crippen molar-refractivity contribution in [1.82, 2.24) is 13.7 Å². The Morgan fingerprint density at radius 3 is 2.90 bits per heavy atom. The van der Waals surface area contributed by atoms with Gasteiger partial charge in [0.15, 0.2) is 15.8 Å². The number of morpholine rings is 1. The van der Waals surface area contributed by atoms with E-state index in [2.05, 4.69) is 4.98 Å². The standard InChI is InChI=1S/C12H18N4O3S2/c1-8-6-15(7-12(2,3)19-8)21(17,18)10-9(13)14-11-16(10)4-5-20-11/h4-5,8H,6-7,13H2,1-3H3. The molecule has 21 heavy (non-hydrogen) atoms. The van der Waals surface area contributed by atoms with Gasteiger partial charge >= 0.3 is 0 Å². The van der Waals surface area contributed by atoms with Crippen LogP contribution in [0.15, 0.2) is 16.6 Å². The smallest absolute Gasteiger partial charge is 0.263 e. The normalized spacial score (nSPS) is 23.7. The van der Waals surface area contributed by atoms with E-state index in [1.165, 1.54) is 20.0 Å². The van der Waals surface area contributed by atoms with Crippen LogP contribution in [-0.2, 0) is 14.8 Å². The number of nitrogens with two attached hydrogens (primary N) is 1. The fraction of sp³-hybridized carbons (Fsp3) is 0.583. The molecule has 0 spiro atoms. The van der Waals surface area contributed by atoms with Crippen LogP contribution in [0.1, 0.15) is 20.8 Å². The number of ether oxygens (including phenoxy) is 1. The molecule has 0 amide bonds. The van der Waals surface area contributed by atoms with Gasteiger partial charge in [-0.1, -0.05) is 0 Å². The van der Waals surface area contributed by atoms with Gasteiger partial charge in [0.05, 0.1) is 11.7 Å². The molecular formula is C12H18N4O3S2. The molecule has 0 bridgehead atoms. The topological polar surface area (TPSA) is 89.9 Å². The van der Waals surface area contributed by atoms with Crippen molar-refractivity contribution >= 4 is 32.1 Å². The third-order valence-electron chi connectivity index (χ3n) is 3.37. The molecule has 7 nitrogen and oxygen atoms in total. The maximum absolute atomic E-state index is 12.9. The molecule has 3 rings (SSSR count). The molecule has 9 heteroatoms. The lowest BCUT2D eigenvalue weighted by Crippen LogP contribution is -2.53. The lowest BCUT2D eigenvalue weighted by Gasteiger charge is -2.40. The summed E-state index contributed by atoms with van der Waals surface area (Å²) in [4.78, 5) is 4.69. The predicted molar refractivity (Wildman–Crippen MR) is 80.9 cm³/mol. The van der Waals surface area contributed by atoms with Gasteiger partial charge in [0.25, 0.3) is 10.0 Å². The molecule has 0 saturated carbocycles. The number of sulfonamides is 1. The van der Waals surface area contributed by atoms with Crippen LogP contribution in [0.5, 0.6) is 0 Å². The van der Waals surface area contributed by atoms with Crippen molar-refractivity contribution in [3.8, 4) is 0 Å². The highest BCUT2D eigenvalue weighted by atomic mass is 32.2. The van der Waals surface area contributed by atoms with E-state index in [-0.39, 0.29) is 23.5 Å². The summed E-state index contributed by atoms with van der Waals surface area (Å²) >= 11 is 1.35. The average molecular weight is 330 g/mol. The third-order valence-corrected chi connectivity index (χ3v) is 5.97. The van der Waals surface area contributed by atoms with Crippen molar-refractivity contribution < 1.29 is 13.2 Å². The fourth-order valence-corrected chi connectivity index (χ4v) is 5.36. The number of aromatic nitrogens is 2. The maximum atomic E-state index is 12.9. The summed E-state index contributed by atoms with van der Waals surface area (Å²) in [6.07, 6.45) is 1.50. The van der Waals surface area contributed by atoms with E-state index in [1.54, 1.807) is 11.6 Å². The zero-order valence-corrected chi connectivity index (χ0v) is 13.7. The van der Waals surface area contributed by atoms with Crippen molar-refractivity contribution in [1.29, 1.82) is 0 Å². The maximum Gasteiger partial charge on any atom is 0.263 e. The Labute approximate surface area is 127 Å². The molecule has 1 aliphatic heterocycles. The number of thiazole rings is 1. The molecule has 2 aromatic heterocycles. The number of anilines is 1. The highest BCUT2D eigenvalue weighted by Crippen LogP contribution is 2.30. The molecule has 2 N–H and O–H groups in total. The minimum absolute atomic E-state index is 0.0406. The first-order valence-electron chi connectivity index (χ1n) is 6.60. The van der Waals surface area contributed by atoms with E-state index in [4.69, 9.17) is 10.5 Å². The van der Waals surface area contributed by atoms with Crippen LogP contribution in [0.3, 0.4) is 0 Å². The summed E-state index contributed by atoms with van der Waals surface area (Å²) in [6, 6.07) is 0. The van der Waals surface area contributed by atoms with Crippen molar-refractivity contribution in [2.75, 3.05) is 18.8 Å². The average Bonchev–Trinajstić information content (AvgIpc) is 2.84. The molecule has 2 aromatic rings. The van der Waals surface area contributed by atoms with Gasteiger partial charge in [-0.2, -0.15) is 4.31 Å². The summed E-state index contributed by atoms with van der Waals surface area (Å²) in [5.41, 5.74) is 5.30. The second kappa shape index (κ2) is 4.67. The molecule has 116 valence electrons. The Bertz CT molecular complexity index is 778. The lowest BCUT2D eigenvalue weighted by molar-refractivity contribution is -0.109. The Hall–Kier alpha value is -1.16. The van der Waals surface area contributed by atoms with Gasteiger partial charge in [-0.25, -0.2) is 13.4 Å². The molecule has 1 saturated heterocycles. The summed E-state index contributed by atoms with van der Waals surface area (Å²) in [5.74, 6) is 0.0406. The molecule has 0 aliphatic carbocycles. The zero-order chi connectivity index (χ0) is 15.4. The monoisotopic (exact) mass is 330 g/mol. The van der Waals surface area contributed by atoms with Crippen molar-refractivity contribution in [2.24, 2.45) is 0 Å². The van der Waals surface area contributed by atoms with Gasteiger partial charge in [-0.05, 0) is 20.8 Å². The molecule has 0 radical (unpaired) electrons. The molecule has 1 aliphatic rings. The van der Waals surface area contributed by atoms with Crippen LogP contribution in [-0.4, -0.2) is 46.9 Å². The summed E-state index contributed by atoms with van der Waals surface area (Å²) < 4.78 is 34.6. The number of hydrogen-bond acceptors (Lipinski definition) is 6. The van der Waals surface area contributed by atoms with Gasteiger partial charge in [0, 0.05) is 24.7 Å². The van der Waals surface area contributed by atoms with Crippen molar-refractivity contribution in [2.45, 2.75) is 37.5 Å². The number of nitrogens with zero attached hydrogens (tertiary/aromatic N) is 3. The quantitative estimate of drug-likeness (QED) is 0.892. The first-order chi connectivity index (χ1) is 9.71. The van der Waals surface area contributed by atoms with Crippen LogP contribution < -0.4 is 5.73 Å². The van der Waals surface area contributed by atoms with E-state index in [1.807, 2.05) is 20.8 Å². The highest BCUT2D eigenvalue weighted by Gasteiger charge is 2.40. The molecule has 0 aromatic carbocycles. The number of hydrogen-bond donors (Lipinski definition) is 1. The van der Waals surface area contributed by atoms with E-state index in [0.29, 0.717) is 11.5 Å². The van der Waals surface area contributed by atoms with Gasteiger partial charge < -0.3 is 10.5 Å². The van der Waals surface area contributed by atoms with E-state index in [0.717, 1.165) is 0 Å². The van der Waals surface area contributed by atoms with E-state index >= 15 is 0 Å². The Kier molecular flexibility index (Phi) is 3.28. The highest BCUT2D eigenvalue weighted by molar-refractivity contribution is 7.89. The second-order valence-electron chi connectivity index (χ2n) is 5.84. The predicted octanol–water partition coefficient (Wildman–Crippen LogP) is 1.17. The van der Waals surface area contributed by atoms with E-state index in [9.17, 15) is 8.42 Å². The molecule has 1 unspecified atom stereocenters. The van der Waals surface area contributed by atoms with Gasteiger partial charge in [0.1, 0.15) is 0 Å².